The molecule has 0 aromatic heterocycles. The average Bonchev–Trinajstić information content (AvgIpc) is 2.91. The van der Waals surface area contributed by atoms with Crippen LogP contribution in [0.2, 0.25) is 0 Å². The molecule has 3 aliphatic rings. The van der Waals surface area contributed by atoms with Gasteiger partial charge in [-0.25, -0.2) is 9.69 Å². The lowest BCUT2D eigenvalue weighted by atomic mass is 9.85. The van der Waals surface area contributed by atoms with Crippen molar-refractivity contribution < 1.29 is 24.0 Å². The van der Waals surface area contributed by atoms with Crippen LogP contribution in [-0.4, -0.2) is 51.9 Å². The smallest absolute Gasteiger partial charge is 0.326 e. The summed E-state index contributed by atoms with van der Waals surface area (Å²) >= 11 is 0. The number of hydrogen-bond acceptors (Lipinski definition) is 5. The second-order valence-corrected chi connectivity index (χ2v) is 8.02. The number of rotatable bonds is 4. The fourth-order valence-electron chi connectivity index (χ4n) is 4.43. The molecule has 29 heavy (non-hydrogen) atoms. The van der Waals surface area contributed by atoms with Crippen molar-refractivity contribution in [2.75, 3.05) is 11.9 Å². The number of imide groups is 2. The molecule has 8 nitrogen and oxygen atoms in total. The molecule has 0 bridgehead atoms. The molecule has 5 amide bonds. The van der Waals surface area contributed by atoms with Crippen molar-refractivity contribution in [3.8, 4) is 0 Å². The number of carbonyl (C=O) groups excluding carboxylic acids is 5. The number of nitrogens with one attached hydrogen (secondary N) is 1. The Labute approximate surface area is 168 Å². The van der Waals surface area contributed by atoms with Gasteiger partial charge in [0.15, 0.2) is 5.78 Å². The zero-order chi connectivity index (χ0) is 20.7. The van der Waals surface area contributed by atoms with E-state index < -0.39 is 30.2 Å². The second kappa shape index (κ2) is 7.42. The van der Waals surface area contributed by atoms with Crippen molar-refractivity contribution in [3.05, 3.63) is 29.3 Å². The van der Waals surface area contributed by atoms with Crippen molar-refractivity contribution >= 4 is 35.2 Å². The molecule has 1 saturated heterocycles. The van der Waals surface area contributed by atoms with E-state index in [1.165, 1.54) is 0 Å². The summed E-state index contributed by atoms with van der Waals surface area (Å²) in [6.07, 6.45) is 4.41. The summed E-state index contributed by atoms with van der Waals surface area (Å²) in [7, 11) is 0. The van der Waals surface area contributed by atoms with Crippen LogP contribution in [0.25, 0.3) is 0 Å². The molecule has 1 aliphatic carbocycles. The molecule has 0 radical (unpaired) electrons. The molecule has 4 rings (SSSR count). The first-order valence-corrected chi connectivity index (χ1v) is 10.0. The maximum absolute atomic E-state index is 12.8. The van der Waals surface area contributed by atoms with E-state index in [9.17, 15) is 24.0 Å². The molecule has 1 aromatic rings. The van der Waals surface area contributed by atoms with Crippen molar-refractivity contribution in [1.82, 2.24) is 9.80 Å². The number of hydrogen-bond donors (Lipinski definition) is 1. The minimum absolute atomic E-state index is 0.0691. The van der Waals surface area contributed by atoms with Crippen molar-refractivity contribution in [1.29, 1.82) is 0 Å². The van der Waals surface area contributed by atoms with Gasteiger partial charge in [0.25, 0.3) is 0 Å². The van der Waals surface area contributed by atoms with Crippen LogP contribution in [-0.2, 0) is 20.8 Å². The van der Waals surface area contributed by atoms with Gasteiger partial charge in [-0.1, -0.05) is 19.8 Å². The quantitative estimate of drug-likeness (QED) is 0.476. The lowest BCUT2D eigenvalue weighted by Gasteiger charge is -2.34. The summed E-state index contributed by atoms with van der Waals surface area (Å²) < 4.78 is 0. The Bertz CT molecular complexity index is 925. The summed E-state index contributed by atoms with van der Waals surface area (Å²) in [5.41, 5.74) is 1.85. The Balaban J connectivity index is 1.51. The van der Waals surface area contributed by atoms with Crippen molar-refractivity contribution in [2.45, 2.75) is 51.5 Å². The van der Waals surface area contributed by atoms with Gasteiger partial charge in [-0.15, -0.1) is 0 Å². The molecule has 1 saturated carbocycles. The van der Waals surface area contributed by atoms with Crippen LogP contribution in [0.5, 0.6) is 0 Å². The number of Topliss-reactive ketones (excluding diaryl/α,β-unsaturated/α-hetero) is 1. The number of ketones is 1. The highest BCUT2D eigenvalue weighted by molar-refractivity contribution is 6.45. The molecule has 0 unspecified atom stereocenters. The minimum atomic E-state index is -0.939. The Morgan fingerprint density at radius 1 is 1.07 bits per heavy atom. The number of nitrogens with zero attached hydrogens (tertiary/aromatic N) is 2. The fourth-order valence-corrected chi connectivity index (χ4v) is 4.43. The number of aryl methyl sites for hydroxylation is 1. The van der Waals surface area contributed by atoms with Gasteiger partial charge in [-0.3, -0.25) is 24.1 Å². The number of carbonyl (C=O) groups is 5. The van der Waals surface area contributed by atoms with E-state index in [-0.39, 0.29) is 17.9 Å². The van der Waals surface area contributed by atoms with Crippen LogP contribution in [0.15, 0.2) is 18.2 Å². The van der Waals surface area contributed by atoms with Crippen LogP contribution >= 0.6 is 0 Å². The first-order chi connectivity index (χ1) is 13.9. The Morgan fingerprint density at radius 2 is 1.83 bits per heavy atom. The Hall–Kier alpha value is -3.03. The van der Waals surface area contributed by atoms with Crippen LogP contribution in [0.1, 0.15) is 54.9 Å². The molecule has 152 valence electrons. The third kappa shape index (κ3) is 3.43. The van der Waals surface area contributed by atoms with Gasteiger partial charge in [0.05, 0.1) is 6.54 Å². The van der Waals surface area contributed by atoms with Crippen LogP contribution in [0.3, 0.4) is 0 Å². The molecule has 2 atom stereocenters. The monoisotopic (exact) mass is 397 g/mol. The van der Waals surface area contributed by atoms with Crippen molar-refractivity contribution in [3.63, 3.8) is 0 Å². The summed E-state index contributed by atoms with van der Waals surface area (Å²) in [4.78, 5) is 63.7. The third-order valence-corrected chi connectivity index (χ3v) is 6.11. The zero-order valence-corrected chi connectivity index (χ0v) is 16.3. The Morgan fingerprint density at radius 3 is 2.59 bits per heavy atom. The SMILES string of the molecule is C[C@H]1CCCC[C@@H]1N1C(=O)C(=O)N(CC(=O)c2ccc3c(c2)CCC(=O)N3)C1=O. The van der Waals surface area contributed by atoms with Gasteiger partial charge in [-0.2, -0.15) is 0 Å². The molecule has 2 aliphatic heterocycles. The molecule has 2 fully saturated rings. The topological polar surface area (TPSA) is 104 Å². The maximum atomic E-state index is 12.8. The second-order valence-electron chi connectivity index (χ2n) is 8.02. The first kappa shape index (κ1) is 19.3. The third-order valence-electron chi connectivity index (χ3n) is 6.11. The summed E-state index contributed by atoms with van der Waals surface area (Å²) in [6, 6.07) is 3.89. The maximum Gasteiger partial charge on any atom is 0.334 e. The van der Waals surface area contributed by atoms with E-state index in [4.69, 9.17) is 0 Å². The van der Waals surface area contributed by atoms with Crippen LogP contribution in [0, 0.1) is 5.92 Å². The van der Waals surface area contributed by atoms with E-state index in [0.29, 0.717) is 30.5 Å². The van der Waals surface area contributed by atoms with Gasteiger partial charge >= 0.3 is 17.8 Å². The molecular weight excluding hydrogens is 374 g/mol. The number of amides is 5. The summed E-state index contributed by atoms with van der Waals surface area (Å²) in [5, 5.41) is 2.75. The standard InChI is InChI=1S/C21H23N3O5/c1-12-4-2-3-5-16(12)24-20(28)19(27)23(21(24)29)11-17(25)14-6-8-15-13(10-14)7-9-18(26)22-15/h6,8,10,12,16H,2-5,7,9,11H2,1H3,(H,22,26)/t12-,16-/m0/s1. The highest BCUT2D eigenvalue weighted by Crippen LogP contribution is 2.31. The van der Waals surface area contributed by atoms with E-state index in [1.54, 1.807) is 18.2 Å². The van der Waals surface area contributed by atoms with Gasteiger partial charge in [-0.05, 0) is 48.9 Å². The highest BCUT2D eigenvalue weighted by Gasteiger charge is 2.49. The molecule has 2 heterocycles. The fraction of sp³-hybridized carbons (Fsp3) is 0.476. The number of fused-ring (bicyclic) bond motifs is 1. The van der Waals surface area contributed by atoms with Gasteiger partial charge < -0.3 is 5.32 Å². The van der Waals surface area contributed by atoms with Gasteiger partial charge in [0.1, 0.15) is 0 Å². The number of benzene rings is 1. The van der Waals surface area contributed by atoms with Crippen LogP contribution < -0.4 is 5.32 Å². The molecular formula is C21H23N3O5. The zero-order valence-electron chi connectivity index (χ0n) is 16.3. The van der Waals surface area contributed by atoms with Crippen LogP contribution in [0.4, 0.5) is 10.5 Å². The summed E-state index contributed by atoms with van der Waals surface area (Å²) in [5.74, 6) is -2.13. The normalized spacial score (nSPS) is 24.6. The molecule has 8 heteroatoms. The largest absolute Gasteiger partial charge is 0.334 e. The van der Waals surface area contributed by atoms with Crippen molar-refractivity contribution in [2.24, 2.45) is 5.92 Å². The van der Waals surface area contributed by atoms with Gasteiger partial charge in [0, 0.05) is 23.7 Å². The lowest BCUT2D eigenvalue weighted by molar-refractivity contribution is -0.144. The van der Waals surface area contributed by atoms with E-state index in [1.807, 2.05) is 6.92 Å². The van der Waals surface area contributed by atoms with Gasteiger partial charge in [0.2, 0.25) is 5.91 Å². The Kier molecular flexibility index (Phi) is 4.94. The average molecular weight is 397 g/mol. The first-order valence-electron chi connectivity index (χ1n) is 10.0. The predicted octanol–water partition coefficient (Wildman–Crippen LogP) is 2.12. The minimum Gasteiger partial charge on any atom is -0.326 e. The predicted molar refractivity (Wildman–Crippen MR) is 103 cm³/mol. The lowest BCUT2D eigenvalue weighted by Crippen LogP contribution is -2.46. The molecule has 0 spiro atoms. The molecule has 1 aromatic carbocycles. The molecule has 1 N–H and O–H groups in total. The number of urea groups is 1. The summed E-state index contributed by atoms with van der Waals surface area (Å²) in [6.45, 7) is 1.51. The highest BCUT2D eigenvalue weighted by atomic mass is 16.2. The number of anilines is 1. The van der Waals surface area contributed by atoms with E-state index in [2.05, 4.69) is 5.32 Å². The van der Waals surface area contributed by atoms with E-state index in [0.717, 1.165) is 34.6 Å². The van der Waals surface area contributed by atoms with E-state index >= 15 is 0 Å².